The molecule has 1 aliphatic carbocycles. The van der Waals surface area contributed by atoms with Crippen LogP contribution >= 0.6 is 39.1 Å². The zero-order valence-corrected chi connectivity index (χ0v) is 72.1. The van der Waals surface area contributed by atoms with Crippen molar-refractivity contribution in [2.75, 3.05) is 0 Å². The molecule has 0 amide bonds. The normalized spacial score (nSPS) is 12.1. The van der Waals surface area contributed by atoms with Crippen LogP contribution in [0.3, 0.4) is 0 Å². The Kier molecular flexibility index (Phi) is 20.0. The highest BCUT2D eigenvalue weighted by molar-refractivity contribution is 9.10. The number of benzene rings is 20. The third-order valence-corrected chi connectivity index (χ3v) is 26.1. The summed E-state index contributed by atoms with van der Waals surface area (Å²) < 4.78 is 3.42. The average Bonchev–Trinajstić information content (AvgIpc) is 1.59. The van der Waals surface area contributed by atoms with Gasteiger partial charge >= 0.3 is 7.12 Å². The second-order valence-electron chi connectivity index (χ2n) is 33.1. The van der Waals surface area contributed by atoms with Gasteiger partial charge in [-0.15, -0.1) is 0 Å². The summed E-state index contributed by atoms with van der Waals surface area (Å²) >= 11 is 16.5. The first-order chi connectivity index (χ1) is 62.2. The molecule has 0 unspecified atom stereocenters. The van der Waals surface area contributed by atoms with Gasteiger partial charge in [-0.05, 0) is 231 Å². The van der Waals surface area contributed by atoms with Crippen molar-refractivity contribution in [2.45, 2.75) is 19.3 Å². The summed E-state index contributed by atoms with van der Waals surface area (Å²) in [4.78, 5) is 24.5. The van der Waals surface area contributed by atoms with E-state index in [2.05, 4.69) is 385 Å². The van der Waals surface area contributed by atoms with E-state index in [1.54, 1.807) is 6.07 Å². The number of hydrogen-bond acceptors (Lipinski definition) is 6. The summed E-state index contributed by atoms with van der Waals surface area (Å²) in [6.45, 7) is 4.26. The summed E-state index contributed by atoms with van der Waals surface area (Å²) in [7, 11) is -1.42. The van der Waals surface area contributed by atoms with Crippen LogP contribution < -0.4 is 5.46 Å². The summed E-state index contributed by atoms with van der Waals surface area (Å²) in [6, 6.07) is 142. The lowest BCUT2D eigenvalue weighted by Crippen LogP contribution is -2.37. The molecule has 4 aromatic heterocycles. The molecule has 0 spiro atoms. The van der Waals surface area contributed by atoms with Crippen LogP contribution in [-0.4, -0.2) is 46.7 Å². The zero-order valence-electron chi connectivity index (χ0n) is 69.0. The van der Waals surface area contributed by atoms with Gasteiger partial charge in [0.25, 0.3) is 0 Å². The molecule has 3 N–H and O–H groups in total. The van der Waals surface area contributed by atoms with Crippen LogP contribution in [-0.2, 0) is 5.41 Å². The smallest absolute Gasteiger partial charge is 0.423 e. The second kappa shape index (κ2) is 32.4. The van der Waals surface area contributed by atoms with Crippen LogP contribution in [0, 0.1) is 0 Å². The van der Waals surface area contributed by atoms with Gasteiger partial charge in [0.1, 0.15) is 0 Å². The predicted octanol–water partition coefficient (Wildman–Crippen LogP) is 30.3. The molecule has 127 heavy (non-hydrogen) atoms. The number of aromatic amines is 1. The van der Waals surface area contributed by atoms with Crippen LogP contribution in [0.5, 0.6) is 0 Å². The Morgan fingerprint density at radius 3 is 1.33 bits per heavy atom. The molecule has 0 fully saturated rings. The Hall–Kier alpha value is -14.7. The van der Waals surface area contributed by atoms with Gasteiger partial charge in [-0.1, -0.05) is 338 Å². The molecule has 0 atom stereocenters. The van der Waals surface area contributed by atoms with E-state index in [0.717, 1.165) is 147 Å². The lowest BCUT2D eigenvalue weighted by atomic mass is 9.69. The number of hydrogen-bond donors (Lipinski definition) is 3. The van der Waals surface area contributed by atoms with Crippen molar-refractivity contribution in [3.05, 3.63) is 432 Å². The van der Waals surface area contributed by atoms with Crippen molar-refractivity contribution < 1.29 is 10.0 Å². The Morgan fingerprint density at radius 2 is 0.740 bits per heavy atom. The lowest BCUT2D eigenvalue weighted by molar-refractivity contribution is 0.424. The van der Waals surface area contributed by atoms with Crippen molar-refractivity contribution >= 4 is 182 Å². The molecule has 12 heteroatoms. The van der Waals surface area contributed by atoms with Crippen molar-refractivity contribution in [3.63, 3.8) is 0 Å². The van der Waals surface area contributed by atoms with Gasteiger partial charge in [0.05, 0.1) is 39.1 Å². The fraction of sp³-hybridized carbons (Fsp3) is 0.0261. The number of H-pyrrole nitrogens is 1. The van der Waals surface area contributed by atoms with Crippen molar-refractivity contribution in [1.29, 1.82) is 0 Å². The van der Waals surface area contributed by atoms with Gasteiger partial charge in [-0.2, -0.15) is 0 Å². The molecular formula is C115H76BBrCl2N6O2. The summed E-state index contributed by atoms with van der Waals surface area (Å²) in [5, 5.41) is 41.6. The van der Waals surface area contributed by atoms with E-state index in [9.17, 15) is 10.0 Å². The number of aromatic nitrogens is 6. The topological polar surface area (TPSA) is 113 Å². The molecule has 0 saturated heterocycles. The van der Waals surface area contributed by atoms with Gasteiger partial charge in [0.2, 0.25) is 0 Å². The maximum atomic E-state index is 9.55. The number of nitrogens with one attached hydrogen (secondary N) is 1. The van der Waals surface area contributed by atoms with E-state index in [-0.39, 0.29) is 5.41 Å². The maximum Gasteiger partial charge on any atom is 0.488 e. The van der Waals surface area contributed by atoms with Crippen LogP contribution in [0.1, 0.15) is 25.0 Å². The fourth-order valence-electron chi connectivity index (χ4n) is 18.9. The molecule has 602 valence electrons. The Balaban J connectivity index is 0.000000111. The van der Waals surface area contributed by atoms with Gasteiger partial charge < -0.3 is 19.6 Å². The van der Waals surface area contributed by atoms with E-state index < -0.39 is 7.12 Å². The first-order valence-electron chi connectivity index (χ1n) is 42.5. The molecular weight excluding hydrogens is 1660 g/mol. The first-order valence-corrected chi connectivity index (χ1v) is 44.0. The molecule has 24 aromatic rings. The van der Waals surface area contributed by atoms with E-state index in [4.69, 9.17) is 43.1 Å². The number of rotatable bonds is 8. The molecule has 25 rings (SSSR count). The number of fused-ring (bicyclic) bond motifs is 17. The van der Waals surface area contributed by atoms with Gasteiger partial charge in [-0.3, -0.25) is 0 Å². The minimum absolute atomic E-state index is 0.188. The summed E-state index contributed by atoms with van der Waals surface area (Å²) in [6.07, 6.45) is 0. The highest BCUT2D eigenvalue weighted by Crippen LogP contribution is 2.49. The van der Waals surface area contributed by atoms with E-state index >= 15 is 0 Å². The third-order valence-electron chi connectivity index (χ3n) is 25.0. The van der Waals surface area contributed by atoms with Crippen molar-refractivity contribution in [3.8, 4) is 84.4 Å². The van der Waals surface area contributed by atoms with Gasteiger partial charge in [-0.25, -0.2) is 19.9 Å². The lowest BCUT2D eigenvalue weighted by Gasteiger charge is -2.24. The molecule has 1 aliphatic rings. The Morgan fingerprint density at radius 1 is 0.299 bits per heavy atom. The molecule has 0 radical (unpaired) electrons. The molecule has 20 aromatic carbocycles. The molecule has 8 nitrogen and oxygen atoms in total. The van der Waals surface area contributed by atoms with Crippen LogP contribution in [0.4, 0.5) is 0 Å². The highest BCUT2D eigenvalue weighted by atomic mass is 79.9. The van der Waals surface area contributed by atoms with Gasteiger partial charge in [0.15, 0.2) is 11.6 Å². The Labute approximate surface area is 751 Å². The average molecular weight is 1740 g/mol. The quantitative estimate of drug-likeness (QED) is 0.131. The maximum absolute atomic E-state index is 9.55. The minimum Gasteiger partial charge on any atom is -0.423 e. The van der Waals surface area contributed by atoms with Crippen molar-refractivity contribution in [1.82, 2.24) is 29.5 Å². The van der Waals surface area contributed by atoms with Gasteiger partial charge in [0, 0.05) is 90.9 Å². The van der Waals surface area contributed by atoms with Crippen LogP contribution in [0.2, 0.25) is 10.0 Å². The zero-order chi connectivity index (χ0) is 85.5. The molecule has 0 aliphatic heterocycles. The first kappa shape index (κ1) is 78.3. The third kappa shape index (κ3) is 14.5. The summed E-state index contributed by atoms with van der Waals surface area (Å²) in [5.41, 5.74) is 22.9. The molecule has 0 bridgehead atoms. The van der Waals surface area contributed by atoms with Crippen LogP contribution in [0.25, 0.3) is 214 Å². The largest absolute Gasteiger partial charge is 0.488 e. The molecule has 0 saturated carbocycles. The van der Waals surface area contributed by atoms with Crippen molar-refractivity contribution in [2.24, 2.45) is 0 Å². The monoisotopic (exact) mass is 1730 g/mol. The second-order valence-corrected chi connectivity index (χ2v) is 34.8. The standard InChI is InChI=1S/C50H30ClN3.C34H21BrN2.C16H10ClN.C15H15BO2/c51-40-21-23-46-44(30-40)43-26-34-14-6-7-15-35(34)28-48(43)54(46)47-29-39(25-37-16-8-9-17-41(37)47)50-52-45-27-36(31-10-2-1-3-11-31)20-22-42(45)49(53-50)38-19-18-32-12-4-5-13-33(32)24-38;35-31-20-28(19-26-12-6-7-13-29(26)31)34-36-32-21-25(22-8-2-1-3-9-22)16-17-30(32)33(37-34)27-15-14-23-10-4-5-11-24(23)18-27;17-12-5-6-15-14(9-12)13-7-10-3-1-2-4-11(10)8-16(13)18-15;1-15(2)12-8-4-3-6-10(12)11-7-5-9-13(14(11)15)16(17)18/h1-30H;1-21H;1-9,18H;3-9,17-18H,1-2H3. The van der Waals surface area contributed by atoms with Crippen LogP contribution in [0.15, 0.2) is 411 Å². The summed E-state index contributed by atoms with van der Waals surface area (Å²) in [5.74, 6) is 1.39. The Bertz CT molecular complexity index is 8550. The number of halogens is 3. The SMILES string of the molecule is Brc1cc(-c2nc(-c3ccc4ccccc4c3)c3ccc(-c4ccccc4)cc3n2)cc2ccccc12.CC1(C)c2ccccc2-c2cccc(B(O)O)c21.Clc1ccc2[nH]c3cc4ccccc4cc3c2c1.Clc1ccc2c(c1)c1cc3ccccc3cc1n2-c1cc(-c2nc(-c3ccc4ccccc4c3)c3ccc(-c4ccccc4)cc3n2)cc2ccccc12. The van der Waals surface area contributed by atoms with E-state index in [1.807, 2.05) is 54.6 Å². The molecule has 4 heterocycles. The fourth-order valence-corrected chi connectivity index (χ4v) is 19.8. The van der Waals surface area contributed by atoms with E-state index in [1.165, 1.54) is 75.9 Å². The number of nitrogens with zero attached hydrogens (tertiary/aromatic N) is 5. The highest BCUT2D eigenvalue weighted by Gasteiger charge is 2.39. The predicted molar refractivity (Wildman–Crippen MR) is 538 cm³/mol. The minimum atomic E-state index is -1.42. The van der Waals surface area contributed by atoms with E-state index in [0.29, 0.717) is 22.1 Å².